The predicted molar refractivity (Wildman–Crippen MR) is 91.7 cm³/mol. The van der Waals surface area contributed by atoms with Gasteiger partial charge in [-0.1, -0.05) is 6.07 Å². The molecule has 0 saturated heterocycles. The molecule has 7 heteroatoms. The summed E-state index contributed by atoms with van der Waals surface area (Å²) in [5.74, 6) is 1.28. The van der Waals surface area contributed by atoms with Crippen LogP contribution in [0, 0.1) is 6.92 Å². The number of aliphatic imine (C=N–C) groups is 1. The first-order chi connectivity index (χ1) is 11.1. The summed E-state index contributed by atoms with van der Waals surface area (Å²) in [6.45, 7) is 6.21. The Morgan fingerprint density at radius 2 is 1.96 bits per heavy atom. The van der Waals surface area contributed by atoms with Gasteiger partial charge in [0, 0.05) is 12.4 Å². The van der Waals surface area contributed by atoms with Crippen molar-refractivity contribution in [2.24, 2.45) is 4.99 Å². The quantitative estimate of drug-likeness (QED) is 0.545. The first-order valence-corrected chi connectivity index (χ1v) is 9.59. The van der Waals surface area contributed by atoms with Gasteiger partial charge in [0.1, 0.15) is 17.0 Å². The van der Waals surface area contributed by atoms with E-state index in [-0.39, 0.29) is 0 Å². The van der Waals surface area contributed by atoms with E-state index in [1.807, 2.05) is 25.1 Å². The van der Waals surface area contributed by atoms with Gasteiger partial charge in [-0.05, 0) is 37.7 Å². The highest BCUT2D eigenvalue weighted by atomic mass is 28.3. The molecule has 0 unspecified atom stereocenters. The molecule has 3 rings (SSSR count). The summed E-state index contributed by atoms with van der Waals surface area (Å²) < 4.78 is 5.91. The molecule has 0 bridgehead atoms. The van der Waals surface area contributed by atoms with Gasteiger partial charge in [-0.3, -0.25) is 0 Å². The fourth-order valence-corrected chi connectivity index (χ4v) is 2.61. The Hall–Kier alpha value is -2.67. The second-order valence-corrected chi connectivity index (χ2v) is 7.25. The second kappa shape index (κ2) is 6.61. The van der Waals surface area contributed by atoms with E-state index in [2.05, 4.69) is 38.0 Å². The monoisotopic (exact) mass is 322 g/mol. The largest absolute Gasteiger partial charge is 0.541 e. The zero-order chi connectivity index (χ0) is 16.2. The standard InChI is InChI=1S/C16H16N5OSi/c1-11-4-5-12(14(8-11)22-23(2)3)19-10-15-20-9-13-16(21-15)18-7-6-17-13/h4-10H,1-3H3. The minimum Gasteiger partial charge on any atom is -0.541 e. The molecule has 0 spiro atoms. The molecule has 2 aromatic heterocycles. The number of benzene rings is 1. The van der Waals surface area contributed by atoms with Gasteiger partial charge in [0.25, 0.3) is 9.04 Å². The molecule has 115 valence electrons. The van der Waals surface area contributed by atoms with Crippen LogP contribution in [0.2, 0.25) is 13.1 Å². The summed E-state index contributed by atoms with van der Waals surface area (Å²) in [4.78, 5) is 21.4. The van der Waals surface area contributed by atoms with Gasteiger partial charge in [-0.25, -0.2) is 24.9 Å². The van der Waals surface area contributed by atoms with E-state index in [1.54, 1.807) is 24.8 Å². The van der Waals surface area contributed by atoms with Crippen LogP contribution in [-0.4, -0.2) is 35.2 Å². The third-order valence-corrected chi connectivity index (χ3v) is 3.62. The van der Waals surface area contributed by atoms with E-state index in [1.165, 1.54) is 0 Å². The van der Waals surface area contributed by atoms with Crippen LogP contribution in [0.3, 0.4) is 0 Å². The highest BCUT2D eigenvalue weighted by molar-refractivity contribution is 6.49. The van der Waals surface area contributed by atoms with E-state index in [9.17, 15) is 0 Å². The number of fused-ring (bicyclic) bond motifs is 1. The maximum absolute atomic E-state index is 5.91. The van der Waals surface area contributed by atoms with Gasteiger partial charge in [0.05, 0.1) is 12.4 Å². The van der Waals surface area contributed by atoms with Crippen molar-refractivity contribution in [2.75, 3.05) is 0 Å². The minimum absolute atomic E-state index is 0.489. The van der Waals surface area contributed by atoms with Gasteiger partial charge in [-0.2, -0.15) is 0 Å². The van der Waals surface area contributed by atoms with E-state index in [4.69, 9.17) is 4.43 Å². The Balaban J connectivity index is 1.91. The van der Waals surface area contributed by atoms with Gasteiger partial charge >= 0.3 is 0 Å². The fourth-order valence-electron chi connectivity index (χ4n) is 2.00. The molecule has 1 aromatic carbocycles. The molecule has 0 saturated carbocycles. The molecular weight excluding hydrogens is 306 g/mol. The van der Waals surface area contributed by atoms with Gasteiger partial charge in [0.15, 0.2) is 11.5 Å². The summed E-state index contributed by atoms with van der Waals surface area (Å²) >= 11 is 0. The Morgan fingerprint density at radius 1 is 1.13 bits per heavy atom. The lowest BCUT2D eigenvalue weighted by molar-refractivity contribution is 0.581. The van der Waals surface area contributed by atoms with Gasteiger partial charge in [-0.15, -0.1) is 0 Å². The van der Waals surface area contributed by atoms with E-state index < -0.39 is 9.04 Å². The zero-order valence-corrected chi connectivity index (χ0v) is 14.2. The van der Waals surface area contributed by atoms with Crippen molar-refractivity contribution >= 4 is 32.1 Å². The second-order valence-electron chi connectivity index (χ2n) is 5.23. The number of hydrogen-bond acceptors (Lipinski definition) is 6. The van der Waals surface area contributed by atoms with E-state index in [0.29, 0.717) is 17.0 Å². The third-order valence-electron chi connectivity index (χ3n) is 2.99. The molecule has 0 aliphatic rings. The Labute approximate surface area is 136 Å². The molecule has 0 fully saturated rings. The molecule has 2 heterocycles. The van der Waals surface area contributed by atoms with Crippen LogP contribution >= 0.6 is 0 Å². The van der Waals surface area contributed by atoms with Gasteiger partial charge in [0.2, 0.25) is 0 Å². The molecular formula is C16H16N5OSi. The Kier molecular flexibility index (Phi) is 4.38. The SMILES string of the molecule is Cc1ccc(N=Cc2ncc3nccnc3n2)c(O[Si](C)C)c1. The van der Waals surface area contributed by atoms with Crippen LogP contribution in [0.5, 0.6) is 5.75 Å². The molecule has 0 aliphatic heterocycles. The highest BCUT2D eigenvalue weighted by Gasteiger charge is 2.07. The molecule has 3 aromatic rings. The maximum Gasteiger partial charge on any atom is 0.274 e. The van der Waals surface area contributed by atoms with Crippen LogP contribution in [0.25, 0.3) is 11.2 Å². The third kappa shape index (κ3) is 3.75. The molecule has 0 atom stereocenters. The topological polar surface area (TPSA) is 73.2 Å². The lowest BCUT2D eigenvalue weighted by atomic mass is 10.2. The van der Waals surface area contributed by atoms with E-state index >= 15 is 0 Å². The maximum atomic E-state index is 5.91. The Morgan fingerprint density at radius 3 is 2.78 bits per heavy atom. The smallest absolute Gasteiger partial charge is 0.274 e. The first-order valence-electron chi connectivity index (χ1n) is 7.18. The van der Waals surface area contributed by atoms with Crippen molar-refractivity contribution in [1.82, 2.24) is 19.9 Å². The molecule has 1 radical (unpaired) electrons. The normalized spacial score (nSPS) is 11.5. The van der Waals surface area contributed by atoms with Crippen molar-refractivity contribution < 1.29 is 4.43 Å². The number of aryl methyl sites for hydroxylation is 1. The molecule has 0 amide bonds. The van der Waals surface area contributed by atoms with E-state index in [0.717, 1.165) is 17.0 Å². The summed E-state index contributed by atoms with van der Waals surface area (Å²) in [5.41, 5.74) is 3.12. The van der Waals surface area contributed by atoms with Crippen LogP contribution < -0.4 is 4.43 Å². The number of hydrogen-bond donors (Lipinski definition) is 0. The average Bonchev–Trinajstić information content (AvgIpc) is 2.53. The Bertz CT molecular complexity index is 866. The van der Waals surface area contributed by atoms with Crippen molar-refractivity contribution in [3.8, 4) is 5.75 Å². The van der Waals surface area contributed by atoms with Crippen LogP contribution in [0.15, 0.2) is 41.8 Å². The highest BCUT2D eigenvalue weighted by Crippen LogP contribution is 2.29. The van der Waals surface area contributed by atoms with Crippen molar-refractivity contribution in [1.29, 1.82) is 0 Å². The first kappa shape index (κ1) is 15.2. The van der Waals surface area contributed by atoms with Crippen molar-refractivity contribution in [3.05, 3.63) is 48.2 Å². The van der Waals surface area contributed by atoms with Crippen molar-refractivity contribution in [3.63, 3.8) is 0 Å². The number of aromatic nitrogens is 4. The van der Waals surface area contributed by atoms with Gasteiger partial charge < -0.3 is 4.43 Å². The summed E-state index contributed by atoms with van der Waals surface area (Å²) in [5, 5.41) is 0. The summed E-state index contributed by atoms with van der Waals surface area (Å²) in [6.07, 6.45) is 6.48. The van der Waals surface area contributed by atoms with Crippen LogP contribution in [0.4, 0.5) is 5.69 Å². The zero-order valence-electron chi connectivity index (χ0n) is 13.2. The molecule has 6 nitrogen and oxygen atoms in total. The molecule has 23 heavy (non-hydrogen) atoms. The predicted octanol–water partition coefficient (Wildman–Crippen LogP) is 3.11. The summed E-state index contributed by atoms with van der Waals surface area (Å²) in [6, 6.07) is 5.94. The van der Waals surface area contributed by atoms with Crippen molar-refractivity contribution in [2.45, 2.75) is 20.0 Å². The lowest BCUT2D eigenvalue weighted by Gasteiger charge is -2.11. The lowest BCUT2D eigenvalue weighted by Crippen LogP contribution is -2.11. The van der Waals surface area contributed by atoms with Crippen LogP contribution in [0.1, 0.15) is 11.4 Å². The number of nitrogens with zero attached hydrogens (tertiary/aromatic N) is 5. The number of rotatable bonds is 4. The molecule has 0 N–H and O–H groups in total. The summed E-state index contributed by atoms with van der Waals surface area (Å²) in [7, 11) is -0.859. The average molecular weight is 322 g/mol. The fraction of sp³-hybridized carbons (Fsp3) is 0.188. The minimum atomic E-state index is -0.859. The van der Waals surface area contributed by atoms with Crippen LogP contribution in [-0.2, 0) is 0 Å². The molecule has 0 aliphatic carbocycles.